The Bertz CT molecular complexity index is 363. The van der Waals surface area contributed by atoms with E-state index in [0.717, 1.165) is 18.4 Å². The monoisotopic (exact) mass is 268 g/mol. The third kappa shape index (κ3) is 4.31. The fraction of sp³-hybridized carbons (Fsp3) is 0.500. The van der Waals surface area contributed by atoms with Crippen LogP contribution in [-0.4, -0.2) is 18.0 Å². The van der Waals surface area contributed by atoms with Crippen LogP contribution in [0.5, 0.6) is 0 Å². The van der Waals surface area contributed by atoms with Crippen LogP contribution in [0, 0.1) is 0 Å². The maximum atomic E-state index is 11.9. The summed E-state index contributed by atoms with van der Waals surface area (Å²) < 4.78 is 0. The molecule has 3 N–H and O–H groups in total. The van der Waals surface area contributed by atoms with E-state index in [-0.39, 0.29) is 18.3 Å². The van der Waals surface area contributed by atoms with Crippen LogP contribution >= 0.6 is 12.4 Å². The molecule has 0 heterocycles. The van der Waals surface area contributed by atoms with Gasteiger partial charge in [-0.25, -0.2) is 0 Å². The molecule has 1 aliphatic rings. The molecule has 1 aliphatic carbocycles. The molecule has 1 atom stereocenters. The number of hydrogen-bond donors (Lipinski definition) is 2. The number of hydrogen-bond acceptors (Lipinski definition) is 2. The van der Waals surface area contributed by atoms with Crippen molar-refractivity contribution in [2.45, 2.75) is 44.2 Å². The lowest BCUT2D eigenvalue weighted by atomic mass is 10.1. The minimum atomic E-state index is -0.432. The predicted molar refractivity (Wildman–Crippen MR) is 75.8 cm³/mol. The van der Waals surface area contributed by atoms with Crippen molar-refractivity contribution in [3.63, 3.8) is 0 Å². The topological polar surface area (TPSA) is 55.1 Å². The number of rotatable bonds is 4. The second-order valence-electron chi connectivity index (χ2n) is 4.79. The summed E-state index contributed by atoms with van der Waals surface area (Å²) in [4.78, 5) is 11.9. The first-order chi connectivity index (χ1) is 8.25. The van der Waals surface area contributed by atoms with E-state index in [9.17, 15) is 4.79 Å². The third-order valence-electron chi connectivity index (χ3n) is 3.34. The number of carbonyl (C=O) groups is 1. The highest BCUT2D eigenvalue weighted by Crippen LogP contribution is 2.17. The Morgan fingerprint density at radius 2 is 1.89 bits per heavy atom. The molecule has 18 heavy (non-hydrogen) atoms. The Hall–Kier alpha value is -1.06. The molecule has 0 saturated heterocycles. The second kappa shape index (κ2) is 7.39. The lowest BCUT2D eigenvalue weighted by molar-refractivity contribution is -0.123. The summed E-state index contributed by atoms with van der Waals surface area (Å²) in [6.45, 7) is 0. The van der Waals surface area contributed by atoms with Gasteiger partial charge in [0.05, 0.1) is 6.04 Å². The summed E-state index contributed by atoms with van der Waals surface area (Å²) in [6.07, 6.45) is 5.25. The molecule has 0 aromatic heterocycles. The lowest BCUT2D eigenvalue weighted by Crippen LogP contribution is -2.45. The molecule has 3 nitrogen and oxygen atoms in total. The number of benzene rings is 1. The summed E-state index contributed by atoms with van der Waals surface area (Å²) in [5.41, 5.74) is 7.03. The third-order valence-corrected chi connectivity index (χ3v) is 3.34. The molecule has 1 aromatic rings. The quantitative estimate of drug-likeness (QED) is 0.878. The molecule has 4 heteroatoms. The van der Waals surface area contributed by atoms with E-state index in [2.05, 4.69) is 5.32 Å². The minimum absolute atomic E-state index is 0. The molecule has 1 unspecified atom stereocenters. The van der Waals surface area contributed by atoms with Crippen LogP contribution in [0.4, 0.5) is 0 Å². The van der Waals surface area contributed by atoms with Gasteiger partial charge in [0.2, 0.25) is 5.91 Å². The Labute approximate surface area is 115 Å². The van der Waals surface area contributed by atoms with E-state index >= 15 is 0 Å². The predicted octanol–water partition coefficient (Wildman–Crippen LogP) is 2.04. The van der Waals surface area contributed by atoms with Gasteiger partial charge >= 0.3 is 0 Å². The van der Waals surface area contributed by atoms with E-state index in [1.54, 1.807) is 0 Å². The summed E-state index contributed by atoms with van der Waals surface area (Å²) in [5, 5.41) is 3.03. The molecule has 1 aromatic carbocycles. The Kier molecular flexibility index (Phi) is 6.16. The Balaban J connectivity index is 0.00000162. The molecular weight excluding hydrogens is 248 g/mol. The zero-order valence-electron chi connectivity index (χ0n) is 10.5. The van der Waals surface area contributed by atoms with E-state index in [0.29, 0.717) is 12.5 Å². The summed E-state index contributed by atoms with van der Waals surface area (Å²) >= 11 is 0. The number of nitrogens with two attached hydrogens (primary N) is 1. The number of amides is 1. The van der Waals surface area contributed by atoms with Gasteiger partial charge in [-0.3, -0.25) is 4.79 Å². The van der Waals surface area contributed by atoms with Crippen molar-refractivity contribution in [1.29, 1.82) is 0 Å². The Morgan fingerprint density at radius 3 is 2.50 bits per heavy atom. The highest BCUT2D eigenvalue weighted by Gasteiger charge is 2.20. The van der Waals surface area contributed by atoms with Crippen LogP contribution in [0.1, 0.15) is 31.2 Å². The molecule has 2 rings (SSSR count). The largest absolute Gasteiger partial charge is 0.352 e. The van der Waals surface area contributed by atoms with Crippen molar-refractivity contribution < 1.29 is 4.79 Å². The second-order valence-corrected chi connectivity index (χ2v) is 4.79. The van der Waals surface area contributed by atoms with Crippen LogP contribution in [0.25, 0.3) is 0 Å². The van der Waals surface area contributed by atoms with Gasteiger partial charge in [0.25, 0.3) is 0 Å². The summed E-state index contributed by atoms with van der Waals surface area (Å²) in [7, 11) is 0. The van der Waals surface area contributed by atoms with Crippen molar-refractivity contribution in [2.75, 3.05) is 0 Å². The van der Waals surface area contributed by atoms with Gasteiger partial charge in [0.1, 0.15) is 0 Å². The van der Waals surface area contributed by atoms with E-state index < -0.39 is 6.04 Å². The maximum Gasteiger partial charge on any atom is 0.237 e. The van der Waals surface area contributed by atoms with Gasteiger partial charge in [-0.05, 0) is 24.8 Å². The first-order valence-electron chi connectivity index (χ1n) is 6.35. The summed E-state index contributed by atoms with van der Waals surface area (Å²) in [6, 6.07) is 9.83. The van der Waals surface area contributed by atoms with E-state index in [4.69, 9.17) is 5.73 Å². The fourth-order valence-corrected chi connectivity index (χ4v) is 2.34. The van der Waals surface area contributed by atoms with Crippen molar-refractivity contribution >= 4 is 18.3 Å². The van der Waals surface area contributed by atoms with Crippen LogP contribution in [-0.2, 0) is 11.2 Å². The molecule has 1 fully saturated rings. The van der Waals surface area contributed by atoms with Crippen molar-refractivity contribution in [3.05, 3.63) is 35.9 Å². The average molecular weight is 269 g/mol. The molecule has 0 radical (unpaired) electrons. The molecule has 1 saturated carbocycles. The first-order valence-corrected chi connectivity index (χ1v) is 6.35. The summed E-state index contributed by atoms with van der Waals surface area (Å²) in [5.74, 6) is -0.0132. The smallest absolute Gasteiger partial charge is 0.237 e. The number of nitrogens with one attached hydrogen (secondary N) is 1. The van der Waals surface area contributed by atoms with E-state index in [1.807, 2.05) is 30.3 Å². The first kappa shape index (κ1) is 15.0. The lowest BCUT2D eigenvalue weighted by Gasteiger charge is -2.16. The van der Waals surface area contributed by atoms with Crippen LogP contribution in [0.15, 0.2) is 30.3 Å². The molecule has 0 aliphatic heterocycles. The van der Waals surface area contributed by atoms with E-state index in [1.165, 1.54) is 12.8 Å². The van der Waals surface area contributed by atoms with Crippen LogP contribution in [0.3, 0.4) is 0 Å². The van der Waals surface area contributed by atoms with Gasteiger partial charge < -0.3 is 11.1 Å². The van der Waals surface area contributed by atoms with Gasteiger partial charge in [-0.2, -0.15) is 0 Å². The highest BCUT2D eigenvalue weighted by molar-refractivity contribution is 5.85. The normalized spacial score (nSPS) is 16.9. The fourth-order valence-electron chi connectivity index (χ4n) is 2.34. The van der Waals surface area contributed by atoms with Gasteiger partial charge in [0.15, 0.2) is 0 Å². The van der Waals surface area contributed by atoms with Crippen molar-refractivity contribution in [3.8, 4) is 0 Å². The highest BCUT2D eigenvalue weighted by atomic mass is 35.5. The zero-order valence-corrected chi connectivity index (χ0v) is 11.3. The minimum Gasteiger partial charge on any atom is -0.352 e. The van der Waals surface area contributed by atoms with Crippen molar-refractivity contribution in [1.82, 2.24) is 5.32 Å². The molecule has 1 amide bonds. The standard InChI is InChI=1S/C14H20N2O.ClH/c15-13(10-11-6-2-1-3-7-11)14(17)16-12-8-4-5-9-12;/h1-3,6-7,12-13H,4-5,8-10,15H2,(H,16,17);1H. The molecular formula is C14H21ClN2O. The number of halogens is 1. The van der Waals surface area contributed by atoms with Gasteiger partial charge in [-0.1, -0.05) is 43.2 Å². The van der Waals surface area contributed by atoms with Crippen LogP contribution in [0.2, 0.25) is 0 Å². The van der Waals surface area contributed by atoms with Crippen LogP contribution < -0.4 is 11.1 Å². The molecule has 0 bridgehead atoms. The maximum absolute atomic E-state index is 11.9. The van der Waals surface area contributed by atoms with Crippen molar-refractivity contribution in [2.24, 2.45) is 5.73 Å². The zero-order chi connectivity index (χ0) is 12.1. The number of carbonyl (C=O) groups excluding carboxylic acids is 1. The Morgan fingerprint density at radius 1 is 1.28 bits per heavy atom. The van der Waals surface area contributed by atoms with Gasteiger partial charge in [0, 0.05) is 6.04 Å². The molecule has 0 spiro atoms. The molecule has 100 valence electrons. The van der Waals surface area contributed by atoms with Gasteiger partial charge in [-0.15, -0.1) is 12.4 Å². The SMILES string of the molecule is Cl.NC(Cc1ccccc1)C(=O)NC1CCCC1. The average Bonchev–Trinajstić information content (AvgIpc) is 2.83.